The van der Waals surface area contributed by atoms with Crippen molar-refractivity contribution < 1.29 is 4.79 Å². The topological polar surface area (TPSA) is 71.0 Å². The number of aromatic nitrogens is 3. The van der Waals surface area contributed by atoms with Crippen LogP contribution in [0.1, 0.15) is 30.8 Å². The van der Waals surface area contributed by atoms with Crippen LogP contribution in [0.3, 0.4) is 0 Å². The number of amides is 1. The Balaban J connectivity index is 1.69. The predicted molar refractivity (Wildman–Crippen MR) is 89.5 cm³/mol. The Morgan fingerprint density at radius 3 is 3.04 bits per heavy atom. The first-order chi connectivity index (χ1) is 11.1. The van der Waals surface area contributed by atoms with Crippen LogP contribution in [0.4, 0.5) is 0 Å². The number of thioether (sulfide) groups is 1. The smallest absolute Gasteiger partial charge is 0.251 e. The second-order valence-corrected chi connectivity index (χ2v) is 6.58. The van der Waals surface area contributed by atoms with Gasteiger partial charge in [-0.3, -0.25) is 9.59 Å². The summed E-state index contributed by atoms with van der Waals surface area (Å²) in [5, 5.41) is 0.497. The molecule has 0 aromatic carbocycles. The summed E-state index contributed by atoms with van der Waals surface area (Å²) in [6.45, 7) is 5.42. The Morgan fingerprint density at radius 1 is 1.48 bits per heavy atom. The van der Waals surface area contributed by atoms with Gasteiger partial charge in [-0.2, -0.15) is 0 Å². The minimum Gasteiger partial charge on any atom is -0.348 e. The number of rotatable bonds is 4. The molecule has 0 saturated heterocycles. The van der Waals surface area contributed by atoms with Crippen LogP contribution in [0.5, 0.6) is 0 Å². The number of aryl methyl sites for hydroxylation is 1. The molecule has 0 spiro atoms. The lowest BCUT2D eigenvalue weighted by Gasteiger charge is -2.36. The summed E-state index contributed by atoms with van der Waals surface area (Å²) in [4.78, 5) is 32.9. The van der Waals surface area contributed by atoms with Gasteiger partial charge in [0.05, 0.1) is 11.8 Å². The van der Waals surface area contributed by atoms with Crippen molar-refractivity contribution >= 4 is 17.7 Å². The van der Waals surface area contributed by atoms with Crippen LogP contribution in [-0.4, -0.2) is 37.6 Å². The summed E-state index contributed by atoms with van der Waals surface area (Å²) < 4.78 is 2.21. The minimum atomic E-state index is -0.185. The Kier molecular flexibility index (Phi) is 4.56. The van der Waals surface area contributed by atoms with Crippen molar-refractivity contribution in [3.05, 3.63) is 46.1 Å². The lowest BCUT2D eigenvalue weighted by molar-refractivity contribution is -0.132. The second kappa shape index (κ2) is 6.62. The maximum Gasteiger partial charge on any atom is 0.251 e. The fraction of sp³-hybridized carbons (Fsp3) is 0.438. The number of carbonyl (C=O) groups excluding carboxylic acids is 1. The quantitative estimate of drug-likeness (QED) is 0.686. The van der Waals surface area contributed by atoms with Gasteiger partial charge in [0.2, 0.25) is 5.91 Å². The molecule has 1 aliphatic heterocycles. The van der Waals surface area contributed by atoms with Gasteiger partial charge in [0.15, 0.2) is 5.16 Å². The zero-order valence-electron chi connectivity index (χ0n) is 13.3. The molecule has 2 aromatic heterocycles. The molecule has 0 radical (unpaired) electrons. The van der Waals surface area contributed by atoms with Crippen molar-refractivity contribution in [3.63, 3.8) is 0 Å². The van der Waals surface area contributed by atoms with Gasteiger partial charge >= 0.3 is 0 Å². The van der Waals surface area contributed by atoms with E-state index in [2.05, 4.69) is 33.7 Å². The Hall–Kier alpha value is -2.02. The number of fused-ring (bicyclic) bond motifs is 1. The number of nitrogens with one attached hydrogen (secondary N) is 1. The molecule has 0 bridgehead atoms. The molecule has 1 aliphatic rings. The third kappa shape index (κ3) is 3.34. The lowest BCUT2D eigenvalue weighted by atomic mass is 10.1. The number of aromatic amines is 1. The third-order valence-electron chi connectivity index (χ3n) is 4.05. The highest BCUT2D eigenvalue weighted by molar-refractivity contribution is 7.99. The van der Waals surface area contributed by atoms with E-state index < -0.39 is 0 Å². The van der Waals surface area contributed by atoms with Gasteiger partial charge in [0.25, 0.3) is 5.56 Å². The molecular weight excluding hydrogens is 312 g/mol. The van der Waals surface area contributed by atoms with Gasteiger partial charge in [-0.25, -0.2) is 4.98 Å². The van der Waals surface area contributed by atoms with Gasteiger partial charge < -0.3 is 14.5 Å². The first-order valence-electron chi connectivity index (χ1n) is 7.73. The van der Waals surface area contributed by atoms with Gasteiger partial charge in [-0.15, -0.1) is 0 Å². The zero-order chi connectivity index (χ0) is 16.4. The molecule has 23 heavy (non-hydrogen) atoms. The molecule has 3 rings (SSSR count). The van der Waals surface area contributed by atoms with E-state index in [1.807, 2.05) is 11.0 Å². The lowest BCUT2D eigenvalue weighted by Crippen LogP contribution is -2.42. The molecule has 1 amide bonds. The number of carbonyl (C=O) groups is 1. The van der Waals surface area contributed by atoms with Gasteiger partial charge in [-0.05, 0) is 25.5 Å². The van der Waals surface area contributed by atoms with Crippen LogP contribution in [0.2, 0.25) is 0 Å². The van der Waals surface area contributed by atoms with Crippen molar-refractivity contribution in [2.24, 2.45) is 0 Å². The first kappa shape index (κ1) is 15.9. The van der Waals surface area contributed by atoms with E-state index in [1.165, 1.54) is 23.5 Å². The van der Waals surface area contributed by atoms with Gasteiger partial charge in [0, 0.05) is 36.7 Å². The summed E-state index contributed by atoms with van der Waals surface area (Å²) >= 11 is 1.28. The molecule has 7 heteroatoms. The average Bonchev–Trinajstić information content (AvgIpc) is 2.99. The Morgan fingerprint density at radius 2 is 2.30 bits per heavy atom. The molecular formula is C16H20N4O2S. The Labute approximate surface area is 138 Å². The molecule has 0 saturated carbocycles. The molecule has 2 aromatic rings. The van der Waals surface area contributed by atoms with Crippen molar-refractivity contribution in [2.45, 2.75) is 38.0 Å². The van der Waals surface area contributed by atoms with Crippen LogP contribution < -0.4 is 5.56 Å². The van der Waals surface area contributed by atoms with Gasteiger partial charge in [-0.1, -0.05) is 18.7 Å². The van der Waals surface area contributed by atoms with Crippen LogP contribution in [0.25, 0.3) is 0 Å². The van der Waals surface area contributed by atoms with Crippen LogP contribution >= 0.6 is 11.8 Å². The minimum absolute atomic E-state index is 0.0819. The number of hydrogen-bond donors (Lipinski definition) is 1. The maximum absolute atomic E-state index is 12.6. The first-order valence-corrected chi connectivity index (χ1v) is 8.72. The highest BCUT2D eigenvalue weighted by Crippen LogP contribution is 2.29. The van der Waals surface area contributed by atoms with Crippen molar-refractivity contribution in [2.75, 3.05) is 12.3 Å². The number of hydrogen-bond acceptors (Lipinski definition) is 4. The summed E-state index contributed by atoms with van der Waals surface area (Å²) in [7, 11) is 0. The molecule has 3 heterocycles. The second-order valence-electron chi connectivity index (χ2n) is 5.62. The zero-order valence-corrected chi connectivity index (χ0v) is 14.1. The third-order valence-corrected chi connectivity index (χ3v) is 4.91. The molecule has 0 aliphatic carbocycles. The maximum atomic E-state index is 12.6. The molecule has 1 atom stereocenters. The van der Waals surface area contributed by atoms with Gasteiger partial charge in [0.1, 0.15) is 0 Å². The molecule has 1 N–H and O–H groups in total. The van der Waals surface area contributed by atoms with Crippen LogP contribution in [0, 0.1) is 6.92 Å². The summed E-state index contributed by atoms with van der Waals surface area (Å²) in [6.07, 6.45) is 2.95. The van der Waals surface area contributed by atoms with E-state index in [0.717, 1.165) is 19.5 Å². The van der Waals surface area contributed by atoms with Crippen LogP contribution in [-0.2, 0) is 11.3 Å². The number of H-pyrrole nitrogens is 1. The van der Waals surface area contributed by atoms with E-state index in [-0.39, 0.29) is 23.3 Å². The average molecular weight is 332 g/mol. The van der Waals surface area contributed by atoms with E-state index in [1.54, 1.807) is 6.92 Å². The fourth-order valence-electron chi connectivity index (χ4n) is 3.03. The van der Waals surface area contributed by atoms with E-state index >= 15 is 0 Å². The molecule has 0 fully saturated rings. The SMILES string of the molecule is CC[C@H]1c2cccn2CCN1C(=O)CSc1nc(C)cc(=O)[nH]1. The standard InChI is InChI=1S/C16H20N4O2S/c1-3-12-13-5-4-6-19(13)7-8-20(12)15(22)10-23-16-17-11(2)9-14(21)18-16/h4-6,9,12H,3,7-8,10H2,1-2H3,(H,17,18,21)/t12-/m0/s1. The Bertz CT molecular complexity index is 767. The molecule has 6 nitrogen and oxygen atoms in total. The van der Waals surface area contributed by atoms with Crippen molar-refractivity contribution in [3.8, 4) is 0 Å². The summed E-state index contributed by atoms with van der Waals surface area (Å²) in [5.41, 5.74) is 1.67. The summed E-state index contributed by atoms with van der Waals surface area (Å²) in [6, 6.07) is 5.68. The normalized spacial score (nSPS) is 17.1. The van der Waals surface area contributed by atoms with Crippen molar-refractivity contribution in [1.82, 2.24) is 19.4 Å². The van der Waals surface area contributed by atoms with E-state index in [9.17, 15) is 9.59 Å². The van der Waals surface area contributed by atoms with E-state index in [4.69, 9.17) is 0 Å². The number of nitrogens with zero attached hydrogens (tertiary/aromatic N) is 3. The predicted octanol–water partition coefficient (Wildman–Crippen LogP) is 1.97. The molecule has 122 valence electrons. The highest BCUT2D eigenvalue weighted by Gasteiger charge is 2.29. The van der Waals surface area contributed by atoms with E-state index in [0.29, 0.717) is 10.9 Å². The van der Waals surface area contributed by atoms with Crippen LogP contribution in [0.15, 0.2) is 34.3 Å². The molecule has 0 unspecified atom stereocenters. The monoisotopic (exact) mass is 332 g/mol. The summed E-state index contributed by atoms with van der Waals surface area (Å²) in [5.74, 6) is 0.363. The highest BCUT2D eigenvalue weighted by atomic mass is 32.2. The van der Waals surface area contributed by atoms with Crippen molar-refractivity contribution in [1.29, 1.82) is 0 Å². The largest absolute Gasteiger partial charge is 0.348 e. The fourth-order valence-corrected chi connectivity index (χ4v) is 3.83.